The summed E-state index contributed by atoms with van der Waals surface area (Å²) in [6, 6.07) is 27.5. The van der Waals surface area contributed by atoms with Crippen molar-refractivity contribution < 1.29 is 13.7 Å². The van der Waals surface area contributed by atoms with Crippen LogP contribution in [0.15, 0.2) is 157 Å². The zero-order valence-electron chi connectivity index (χ0n) is 36.3. The Morgan fingerprint density at radius 3 is 2.08 bits per heavy atom. The van der Waals surface area contributed by atoms with Gasteiger partial charge in [-0.3, -0.25) is 4.57 Å². The SMILES string of the molecule is [2H]c1c([2H])c([2H])c2c(sc3c2c([2H])c([2H])c2c4c([2H])c([2H])c([2H])c([2H])c4n(-c4nc(-c5ccc(-c6ccccc6)cc5)nc(-c5cccc6sc7ccccc7c56)n4)c32)c1[2H]. The summed E-state index contributed by atoms with van der Waals surface area (Å²) in [5.74, 6) is 0.527. The van der Waals surface area contributed by atoms with Crippen LogP contribution in [0, 0.1) is 0 Å². The molecule has 0 N–H and O–H groups in total. The fourth-order valence-electron chi connectivity index (χ4n) is 6.88. The van der Waals surface area contributed by atoms with Gasteiger partial charge in [-0.1, -0.05) is 133 Å². The highest BCUT2D eigenvalue weighted by molar-refractivity contribution is 7.26. The molecule has 0 aliphatic carbocycles. The molecule has 0 aliphatic rings. The highest BCUT2D eigenvalue weighted by Gasteiger charge is 2.22. The largest absolute Gasteiger partial charge is 0.276 e. The second kappa shape index (κ2) is 11.2. The van der Waals surface area contributed by atoms with Crippen LogP contribution >= 0.6 is 22.7 Å². The van der Waals surface area contributed by atoms with E-state index in [4.69, 9.17) is 23.2 Å². The fourth-order valence-corrected chi connectivity index (χ4v) is 9.12. The number of hydrogen-bond donors (Lipinski definition) is 0. The summed E-state index contributed by atoms with van der Waals surface area (Å²) in [4.78, 5) is 15.3. The first-order valence-corrected chi connectivity index (χ1v) is 17.8. The first kappa shape index (κ1) is 20.5. The number of fused-ring (bicyclic) bond motifs is 10. The zero-order chi connectivity index (χ0) is 42.2. The first-order valence-electron chi connectivity index (χ1n) is 21.1. The Hall–Kier alpha value is -6.21. The Bertz CT molecular complexity index is 3710. The molecule has 0 amide bonds. The van der Waals surface area contributed by atoms with Crippen molar-refractivity contribution in [3.05, 3.63) is 157 Å². The summed E-state index contributed by atoms with van der Waals surface area (Å²) in [5.41, 5.74) is 3.49. The number of para-hydroxylation sites is 1. The van der Waals surface area contributed by atoms with Gasteiger partial charge in [-0.2, -0.15) is 9.97 Å². The van der Waals surface area contributed by atoms with Gasteiger partial charge in [0.25, 0.3) is 0 Å². The average molecular weight is 697 g/mol. The van der Waals surface area contributed by atoms with Gasteiger partial charge >= 0.3 is 0 Å². The van der Waals surface area contributed by atoms with Crippen molar-refractivity contribution in [2.24, 2.45) is 0 Å². The van der Waals surface area contributed by atoms with Crippen LogP contribution in [-0.2, 0) is 0 Å². The van der Waals surface area contributed by atoms with Crippen LogP contribution in [0.5, 0.6) is 0 Å². The minimum atomic E-state index is -0.523. The number of nitrogens with zero attached hydrogens (tertiary/aromatic N) is 4. The van der Waals surface area contributed by atoms with Crippen LogP contribution in [0.4, 0.5) is 0 Å². The lowest BCUT2D eigenvalue weighted by molar-refractivity contribution is 0.956. The maximum atomic E-state index is 9.45. The van der Waals surface area contributed by atoms with Gasteiger partial charge in [0.1, 0.15) is 0 Å². The van der Waals surface area contributed by atoms with Gasteiger partial charge in [-0.15, -0.1) is 22.7 Å². The summed E-state index contributed by atoms with van der Waals surface area (Å²) in [6.45, 7) is 0. The van der Waals surface area contributed by atoms with E-state index < -0.39 is 36.3 Å². The van der Waals surface area contributed by atoms with Crippen LogP contribution in [-0.4, -0.2) is 19.5 Å². The molecule has 0 atom stereocenters. The predicted molar refractivity (Wildman–Crippen MR) is 216 cm³/mol. The van der Waals surface area contributed by atoms with Crippen molar-refractivity contribution in [1.82, 2.24) is 19.5 Å². The highest BCUT2D eigenvalue weighted by Crippen LogP contribution is 2.44. The van der Waals surface area contributed by atoms with Gasteiger partial charge in [0.05, 0.1) is 29.4 Å². The molecule has 0 saturated carbocycles. The van der Waals surface area contributed by atoms with Crippen LogP contribution in [0.1, 0.15) is 13.7 Å². The lowest BCUT2D eigenvalue weighted by Gasteiger charge is -2.12. The van der Waals surface area contributed by atoms with E-state index in [0.717, 1.165) is 42.6 Å². The third-order valence-corrected chi connectivity index (χ3v) is 11.4. The van der Waals surface area contributed by atoms with Gasteiger partial charge in [0.2, 0.25) is 5.95 Å². The molecule has 0 spiro atoms. The Kier molecular flexibility index (Phi) is 4.47. The number of benzene rings is 7. The van der Waals surface area contributed by atoms with E-state index in [1.165, 1.54) is 4.57 Å². The van der Waals surface area contributed by atoms with Crippen LogP contribution in [0.3, 0.4) is 0 Å². The molecule has 0 unspecified atom stereocenters. The van der Waals surface area contributed by atoms with E-state index in [-0.39, 0.29) is 83.7 Å². The zero-order valence-corrected chi connectivity index (χ0v) is 28.0. The van der Waals surface area contributed by atoms with Crippen LogP contribution < -0.4 is 0 Å². The lowest BCUT2D eigenvalue weighted by atomic mass is 10.0. The summed E-state index contributed by atoms with van der Waals surface area (Å²) >= 11 is 2.64. The maximum absolute atomic E-state index is 9.45. The topological polar surface area (TPSA) is 43.6 Å². The first-order chi connectivity index (χ1) is 29.4. The fraction of sp³-hybridized carbons (Fsp3) is 0. The Morgan fingerprint density at radius 2 is 1.18 bits per heavy atom. The molecule has 4 aromatic heterocycles. The summed E-state index contributed by atoms with van der Waals surface area (Å²) in [5, 5.41) is 2.15. The molecule has 238 valence electrons. The summed E-state index contributed by atoms with van der Waals surface area (Å²) in [7, 11) is 0. The monoisotopic (exact) mass is 696 g/mol. The van der Waals surface area contributed by atoms with Crippen molar-refractivity contribution in [2.75, 3.05) is 0 Å². The molecule has 0 radical (unpaired) electrons. The average Bonchev–Trinajstić information content (AvgIpc) is 3.99. The van der Waals surface area contributed by atoms with E-state index in [9.17, 15) is 5.48 Å². The molecule has 4 nitrogen and oxygen atoms in total. The van der Waals surface area contributed by atoms with E-state index in [1.807, 2.05) is 91.0 Å². The Balaban J connectivity index is 1.32. The number of thiophene rings is 2. The second-order valence-corrected chi connectivity index (χ2v) is 14.2. The minimum Gasteiger partial charge on any atom is -0.276 e. The molecule has 6 heteroatoms. The summed E-state index contributed by atoms with van der Waals surface area (Å²) in [6.07, 6.45) is 0. The second-order valence-electron chi connectivity index (χ2n) is 12.0. The molecule has 7 aromatic carbocycles. The normalized spacial score (nSPS) is 14.7. The van der Waals surface area contributed by atoms with Crippen LogP contribution in [0.2, 0.25) is 0 Å². The van der Waals surface area contributed by atoms with Crippen molar-refractivity contribution in [3.63, 3.8) is 0 Å². The molecule has 0 bridgehead atoms. The quantitative estimate of drug-likeness (QED) is 0.184. The van der Waals surface area contributed by atoms with E-state index >= 15 is 0 Å². The molecular weight excluding hydrogens is 661 g/mol. The molecule has 51 heavy (non-hydrogen) atoms. The molecule has 4 heterocycles. The molecule has 11 aromatic rings. The van der Waals surface area contributed by atoms with Gasteiger partial charge in [0.15, 0.2) is 11.6 Å². The van der Waals surface area contributed by atoms with Gasteiger partial charge in [0, 0.05) is 57.5 Å². The van der Waals surface area contributed by atoms with E-state index in [0.29, 0.717) is 11.1 Å². The predicted octanol–water partition coefficient (Wildman–Crippen LogP) is 12.7. The van der Waals surface area contributed by atoms with Gasteiger partial charge < -0.3 is 0 Å². The van der Waals surface area contributed by atoms with E-state index in [2.05, 4.69) is 6.07 Å². The van der Waals surface area contributed by atoms with Crippen molar-refractivity contribution in [1.29, 1.82) is 0 Å². The highest BCUT2D eigenvalue weighted by atomic mass is 32.1. The molecule has 0 saturated heterocycles. The minimum absolute atomic E-state index is 0.0138. The molecule has 11 rings (SSSR count). The molecule has 0 fully saturated rings. The Labute approximate surface area is 314 Å². The standard InChI is InChI=1S/C45H26N4S2/c1-2-11-27(12-3-1)28-21-23-29(24-22-28)43-46-44(35-16-10-20-39-40(35)34-15-6-9-19-38(34)50-39)48-45(47-43)49-36-17-7-4-13-30(36)32-25-26-33-31-14-5-8-18-37(31)51-42(33)41(32)49/h1-26H/i4D,5D,7D,8D,13D,14D,17D,18D,25D,26D. The van der Waals surface area contributed by atoms with Crippen molar-refractivity contribution in [2.45, 2.75) is 0 Å². The maximum Gasteiger partial charge on any atom is 0.238 e. The number of hydrogen-bond acceptors (Lipinski definition) is 5. The Morgan fingerprint density at radius 1 is 0.471 bits per heavy atom. The third kappa shape index (κ3) is 4.40. The van der Waals surface area contributed by atoms with E-state index in [1.54, 1.807) is 11.3 Å². The smallest absolute Gasteiger partial charge is 0.238 e. The molecular formula is C45H26N4S2. The molecule has 0 aliphatic heterocycles. The van der Waals surface area contributed by atoms with Gasteiger partial charge in [-0.25, -0.2) is 4.98 Å². The number of rotatable bonds is 4. The van der Waals surface area contributed by atoms with Crippen molar-refractivity contribution >= 4 is 84.8 Å². The summed E-state index contributed by atoms with van der Waals surface area (Å²) < 4.78 is 93.5. The van der Waals surface area contributed by atoms with Crippen LogP contribution in [0.25, 0.3) is 102 Å². The third-order valence-electron chi connectivity index (χ3n) is 9.18. The lowest BCUT2D eigenvalue weighted by Crippen LogP contribution is -2.06. The van der Waals surface area contributed by atoms with Gasteiger partial charge in [-0.05, 0) is 35.3 Å². The number of aromatic nitrogens is 4. The van der Waals surface area contributed by atoms with Crippen molar-refractivity contribution in [3.8, 4) is 39.9 Å².